The van der Waals surface area contributed by atoms with E-state index in [-0.39, 0.29) is 12.5 Å². The van der Waals surface area contributed by atoms with Crippen LogP contribution in [0.25, 0.3) is 0 Å². The Morgan fingerprint density at radius 2 is 0.681 bits per heavy atom. The van der Waals surface area contributed by atoms with E-state index in [0.29, 0.717) is 17.4 Å². The molecule has 0 spiro atoms. The molecule has 2 N–H and O–H groups in total. The lowest BCUT2D eigenvalue weighted by atomic mass is 10.0. The number of rotatable bonds is 69. The maximum absolute atomic E-state index is 13.1. The molecule has 9 heteroatoms. The number of aliphatic hydroxyl groups is 1. The van der Waals surface area contributed by atoms with Gasteiger partial charge in [0.1, 0.15) is 13.2 Å². The van der Waals surface area contributed by atoms with E-state index in [1.165, 1.54) is 205 Å². The van der Waals surface area contributed by atoms with E-state index in [2.05, 4.69) is 141 Å². The Balaban J connectivity index is 4.11. The fraction of sp³-hybridized carbons (Fsp3) is 0.720. The molecule has 0 aliphatic heterocycles. The molecule has 0 heterocycles. The molecule has 0 aliphatic rings. The molecule has 0 bridgehead atoms. The molecular formula is C82H145N2O6P. The smallest absolute Gasteiger partial charge is 0.268 e. The van der Waals surface area contributed by atoms with Gasteiger partial charge in [-0.05, 0) is 103 Å². The molecule has 0 aliphatic carbocycles. The highest BCUT2D eigenvalue weighted by Gasteiger charge is 2.23. The zero-order chi connectivity index (χ0) is 66.2. The van der Waals surface area contributed by atoms with Crippen LogP contribution in [-0.2, 0) is 18.4 Å². The number of carbonyl (C=O) groups excluding carboxylic acids is 1. The lowest BCUT2D eigenvalue weighted by Gasteiger charge is -2.29. The van der Waals surface area contributed by atoms with Crippen LogP contribution < -0.4 is 10.2 Å². The third-order valence-corrected chi connectivity index (χ3v) is 17.6. The third kappa shape index (κ3) is 73.9. The monoisotopic (exact) mass is 1290 g/mol. The van der Waals surface area contributed by atoms with Crippen LogP contribution in [0.15, 0.2) is 134 Å². The van der Waals surface area contributed by atoms with Crippen molar-refractivity contribution < 1.29 is 32.9 Å². The van der Waals surface area contributed by atoms with Crippen molar-refractivity contribution >= 4 is 13.7 Å². The van der Waals surface area contributed by atoms with E-state index in [1.807, 2.05) is 27.2 Å². The second kappa shape index (κ2) is 70.9. The first kappa shape index (κ1) is 87.6. The summed E-state index contributed by atoms with van der Waals surface area (Å²) in [6.45, 7) is 4.54. The summed E-state index contributed by atoms with van der Waals surface area (Å²) in [7, 11) is 1.24. The van der Waals surface area contributed by atoms with Gasteiger partial charge in [0.05, 0.1) is 39.9 Å². The predicted octanol–water partition coefficient (Wildman–Crippen LogP) is 24.3. The number of unbranched alkanes of at least 4 members (excludes halogenated alkanes) is 36. The third-order valence-electron chi connectivity index (χ3n) is 16.6. The SMILES string of the molecule is CC/C=C\C/C=C\C/C=C\C/C=C\C/C=C\C/C=C\C/C=C\C/C=C\C/C=C\CCCCCCCCCCCCCC(=O)NC(COP(=O)([O-])OCC[N+](C)(C)C)C(O)/C=C/CC/C=C/CCCCCCCCCCCCCCCCCCCCCCCCCC. The number of phosphoric ester groups is 1. The Morgan fingerprint density at radius 1 is 0.396 bits per heavy atom. The zero-order valence-corrected chi connectivity index (χ0v) is 60.9. The topological polar surface area (TPSA) is 108 Å². The molecule has 0 aromatic heterocycles. The lowest BCUT2D eigenvalue weighted by Crippen LogP contribution is -2.45. The summed E-state index contributed by atoms with van der Waals surface area (Å²) in [6, 6.07) is -0.916. The largest absolute Gasteiger partial charge is 0.756 e. The lowest BCUT2D eigenvalue weighted by molar-refractivity contribution is -0.870. The molecule has 0 saturated heterocycles. The van der Waals surface area contributed by atoms with Gasteiger partial charge in [-0.15, -0.1) is 0 Å². The highest BCUT2D eigenvalue weighted by Crippen LogP contribution is 2.38. The number of hydrogen-bond acceptors (Lipinski definition) is 6. The number of allylic oxidation sites excluding steroid dienone is 21. The van der Waals surface area contributed by atoms with Gasteiger partial charge in [-0.2, -0.15) is 0 Å². The summed E-state index contributed by atoms with van der Waals surface area (Å²) in [4.78, 5) is 25.7. The predicted molar refractivity (Wildman–Crippen MR) is 398 cm³/mol. The minimum Gasteiger partial charge on any atom is -0.756 e. The first-order chi connectivity index (χ1) is 44.5. The minimum absolute atomic E-state index is 0.0121. The van der Waals surface area contributed by atoms with Gasteiger partial charge in [-0.25, -0.2) is 0 Å². The molecule has 0 aromatic carbocycles. The number of likely N-dealkylation sites (N-methyl/N-ethyl adjacent to an activating group) is 1. The first-order valence-electron chi connectivity index (χ1n) is 38.0. The molecule has 1 amide bonds. The molecular weight excluding hydrogens is 1140 g/mol. The number of phosphoric acid groups is 1. The fourth-order valence-corrected chi connectivity index (χ4v) is 11.5. The minimum atomic E-state index is -4.62. The average Bonchev–Trinajstić information content (AvgIpc) is 3.58. The molecule has 0 radical (unpaired) electrons. The van der Waals surface area contributed by atoms with E-state index in [4.69, 9.17) is 9.05 Å². The van der Waals surface area contributed by atoms with Gasteiger partial charge < -0.3 is 28.8 Å². The van der Waals surface area contributed by atoms with Gasteiger partial charge in [-0.1, -0.05) is 353 Å². The van der Waals surface area contributed by atoms with Crippen molar-refractivity contribution in [1.29, 1.82) is 0 Å². The Kier molecular flexibility index (Phi) is 68.3. The average molecular weight is 1290 g/mol. The van der Waals surface area contributed by atoms with Crippen molar-refractivity contribution in [2.75, 3.05) is 40.9 Å². The summed E-state index contributed by atoms with van der Waals surface area (Å²) < 4.78 is 23.5. The molecule has 0 fully saturated rings. The molecule has 0 aromatic rings. The molecule has 3 unspecified atom stereocenters. The van der Waals surface area contributed by atoms with Crippen LogP contribution in [0.5, 0.6) is 0 Å². The van der Waals surface area contributed by atoms with E-state index in [9.17, 15) is 19.4 Å². The van der Waals surface area contributed by atoms with Crippen LogP contribution >= 0.6 is 7.82 Å². The standard InChI is InChI=1S/C82H145N2O6P/c1-6-8-10-12-14-16-18-20-22-24-26-28-30-32-34-36-38-39-40-41-42-43-44-45-46-48-50-52-54-56-58-60-62-64-66-68-70-72-74-76-82(86)83-80(79-90-91(87,88)89-78-77-84(3,4)5)81(85)75-73-71-69-67-65-63-61-59-57-55-53-51-49-47-37-35-33-31-29-27-25-23-21-19-17-15-13-11-9-7-2/h8,10,14,16,20,22,26,28,32,34,38-39,41-42,44-45,48,50,65,67,73,75,80-81,85H,6-7,9,11-13,15,17-19,21,23-25,27,29-31,33,35-37,40,43,46-47,49,51-64,66,68-72,74,76-79H2,1-5H3,(H-,83,86,87,88)/b10-8-,16-14-,22-20-,28-26-,34-32-,39-38-,42-41-,45-44-,50-48-,67-65+,75-73+. The van der Waals surface area contributed by atoms with Gasteiger partial charge in [-0.3, -0.25) is 9.36 Å². The fourth-order valence-electron chi connectivity index (χ4n) is 10.8. The molecule has 524 valence electrons. The molecule has 0 rings (SSSR count). The number of carbonyl (C=O) groups is 1. The quantitative estimate of drug-likeness (QED) is 0.0272. The highest BCUT2D eigenvalue weighted by molar-refractivity contribution is 7.45. The van der Waals surface area contributed by atoms with Crippen molar-refractivity contribution in [3.8, 4) is 0 Å². The molecule has 0 saturated carbocycles. The number of amides is 1. The summed E-state index contributed by atoms with van der Waals surface area (Å²) in [5.74, 6) is -0.212. The summed E-state index contributed by atoms with van der Waals surface area (Å²) >= 11 is 0. The van der Waals surface area contributed by atoms with E-state index in [1.54, 1.807) is 6.08 Å². The van der Waals surface area contributed by atoms with Crippen molar-refractivity contribution in [2.45, 2.75) is 341 Å². The molecule has 3 atom stereocenters. The van der Waals surface area contributed by atoms with Crippen molar-refractivity contribution in [3.63, 3.8) is 0 Å². The highest BCUT2D eigenvalue weighted by atomic mass is 31.2. The Morgan fingerprint density at radius 3 is 1.02 bits per heavy atom. The maximum atomic E-state index is 13.1. The second-order valence-electron chi connectivity index (χ2n) is 26.6. The van der Waals surface area contributed by atoms with Crippen LogP contribution in [0.2, 0.25) is 0 Å². The zero-order valence-electron chi connectivity index (χ0n) is 60.0. The number of quaternary nitrogens is 1. The molecule has 8 nitrogen and oxygen atoms in total. The Labute approximate surface area is 564 Å². The van der Waals surface area contributed by atoms with Crippen molar-refractivity contribution in [1.82, 2.24) is 5.32 Å². The summed E-state index contributed by atoms with van der Waals surface area (Å²) in [5, 5.41) is 14.0. The van der Waals surface area contributed by atoms with E-state index < -0.39 is 26.6 Å². The van der Waals surface area contributed by atoms with E-state index in [0.717, 1.165) is 103 Å². The van der Waals surface area contributed by atoms with E-state index >= 15 is 0 Å². The Hall–Kier alpha value is -3.36. The number of aliphatic hydroxyl groups excluding tert-OH is 1. The van der Waals surface area contributed by atoms with Gasteiger partial charge in [0, 0.05) is 6.42 Å². The van der Waals surface area contributed by atoms with Gasteiger partial charge in [0.2, 0.25) is 5.91 Å². The molecule has 91 heavy (non-hydrogen) atoms. The van der Waals surface area contributed by atoms with Crippen LogP contribution in [-0.4, -0.2) is 68.5 Å². The normalized spacial score (nSPS) is 14.3. The van der Waals surface area contributed by atoms with Crippen molar-refractivity contribution in [3.05, 3.63) is 134 Å². The van der Waals surface area contributed by atoms with Crippen LogP contribution in [0.3, 0.4) is 0 Å². The second-order valence-corrected chi connectivity index (χ2v) is 28.0. The number of hydrogen-bond donors (Lipinski definition) is 2. The van der Waals surface area contributed by atoms with Gasteiger partial charge >= 0.3 is 0 Å². The van der Waals surface area contributed by atoms with Crippen LogP contribution in [0, 0.1) is 0 Å². The number of nitrogens with one attached hydrogen (secondary N) is 1. The number of nitrogens with zero attached hydrogens (tertiary/aromatic N) is 1. The van der Waals surface area contributed by atoms with Crippen LogP contribution in [0.1, 0.15) is 328 Å². The van der Waals surface area contributed by atoms with Crippen LogP contribution in [0.4, 0.5) is 0 Å². The van der Waals surface area contributed by atoms with Gasteiger partial charge in [0.15, 0.2) is 0 Å². The van der Waals surface area contributed by atoms with Gasteiger partial charge in [0.25, 0.3) is 7.82 Å². The van der Waals surface area contributed by atoms with Crippen molar-refractivity contribution in [2.24, 2.45) is 0 Å². The summed E-state index contributed by atoms with van der Waals surface area (Å²) in [5.41, 5.74) is 0. The maximum Gasteiger partial charge on any atom is 0.268 e. The Bertz CT molecular complexity index is 1950. The first-order valence-corrected chi connectivity index (χ1v) is 39.5. The summed E-state index contributed by atoms with van der Waals surface area (Å²) in [6.07, 6.45) is 107.